The SMILES string of the molecule is Cn1nc(C2CC2)nc1CC1(C(=O)O)CCCCC1. The molecule has 1 aromatic heterocycles. The number of nitrogens with zero attached hydrogens (tertiary/aromatic N) is 3. The molecule has 0 amide bonds. The van der Waals surface area contributed by atoms with Crippen molar-refractivity contribution in [1.29, 1.82) is 0 Å². The van der Waals surface area contributed by atoms with Gasteiger partial charge in [0.15, 0.2) is 5.82 Å². The molecule has 1 heterocycles. The van der Waals surface area contributed by atoms with Crippen LogP contribution < -0.4 is 0 Å². The molecule has 2 saturated carbocycles. The van der Waals surface area contributed by atoms with Crippen LogP contribution in [0.2, 0.25) is 0 Å². The second-order valence-corrected chi connectivity index (χ2v) is 6.11. The third kappa shape index (κ3) is 2.38. The van der Waals surface area contributed by atoms with E-state index < -0.39 is 11.4 Å². The van der Waals surface area contributed by atoms with E-state index in [0.29, 0.717) is 12.3 Å². The average molecular weight is 263 g/mol. The molecule has 1 aromatic rings. The van der Waals surface area contributed by atoms with Crippen molar-refractivity contribution in [2.24, 2.45) is 12.5 Å². The van der Waals surface area contributed by atoms with E-state index in [1.807, 2.05) is 7.05 Å². The summed E-state index contributed by atoms with van der Waals surface area (Å²) >= 11 is 0. The number of carbonyl (C=O) groups is 1. The lowest BCUT2D eigenvalue weighted by atomic mass is 9.71. The monoisotopic (exact) mass is 263 g/mol. The highest BCUT2D eigenvalue weighted by atomic mass is 16.4. The summed E-state index contributed by atoms with van der Waals surface area (Å²) in [5, 5.41) is 14.1. The Bertz CT molecular complexity index is 485. The standard InChI is InChI=1S/C14H21N3O2/c1-17-11(15-12(16-17)10-5-6-10)9-14(13(18)19)7-3-2-4-8-14/h10H,2-9H2,1H3,(H,18,19). The zero-order valence-corrected chi connectivity index (χ0v) is 11.4. The summed E-state index contributed by atoms with van der Waals surface area (Å²) in [5.41, 5.74) is -0.611. The van der Waals surface area contributed by atoms with E-state index in [9.17, 15) is 9.90 Å². The topological polar surface area (TPSA) is 68.0 Å². The molecule has 0 aromatic carbocycles. The first-order chi connectivity index (χ1) is 9.11. The van der Waals surface area contributed by atoms with Crippen molar-refractivity contribution in [1.82, 2.24) is 14.8 Å². The second-order valence-electron chi connectivity index (χ2n) is 6.11. The van der Waals surface area contributed by atoms with E-state index in [1.165, 1.54) is 12.8 Å². The van der Waals surface area contributed by atoms with Gasteiger partial charge in [-0.05, 0) is 25.7 Å². The molecule has 0 unspecified atom stereocenters. The molecule has 0 saturated heterocycles. The summed E-state index contributed by atoms with van der Waals surface area (Å²) in [6, 6.07) is 0. The summed E-state index contributed by atoms with van der Waals surface area (Å²) in [6.07, 6.45) is 7.60. The van der Waals surface area contributed by atoms with Gasteiger partial charge in [-0.25, -0.2) is 4.98 Å². The molecule has 104 valence electrons. The van der Waals surface area contributed by atoms with Crippen molar-refractivity contribution in [2.75, 3.05) is 0 Å². The van der Waals surface area contributed by atoms with Crippen LogP contribution in [0.1, 0.15) is 62.5 Å². The first kappa shape index (κ1) is 12.6. The number of aliphatic carboxylic acids is 1. The van der Waals surface area contributed by atoms with E-state index in [1.54, 1.807) is 4.68 Å². The number of aryl methyl sites for hydroxylation is 1. The van der Waals surface area contributed by atoms with Crippen LogP contribution in [0, 0.1) is 5.41 Å². The highest BCUT2D eigenvalue weighted by molar-refractivity contribution is 5.75. The minimum atomic E-state index is -0.664. The Morgan fingerprint density at radius 3 is 2.63 bits per heavy atom. The summed E-state index contributed by atoms with van der Waals surface area (Å²) in [5.74, 6) is 1.61. The highest BCUT2D eigenvalue weighted by Crippen LogP contribution is 2.41. The molecule has 0 atom stereocenters. The van der Waals surface area contributed by atoms with Gasteiger partial charge < -0.3 is 5.11 Å². The van der Waals surface area contributed by atoms with Gasteiger partial charge in [-0.1, -0.05) is 19.3 Å². The second kappa shape index (κ2) is 4.62. The maximum atomic E-state index is 11.7. The van der Waals surface area contributed by atoms with Crippen LogP contribution in [0.5, 0.6) is 0 Å². The number of hydrogen-bond acceptors (Lipinski definition) is 3. The maximum absolute atomic E-state index is 11.7. The zero-order valence-electron chi connectivity index (χ0n) is 11.4. The predicted octanol–water partition coefficient (Wildman–Crippen LogP) is 2.27. The molecule has 2 fully saturated rings. The van der Waals surface area contributed by atoms with E-state index >= 15 is 0 Å². The molecule has 5 heteroatoms. The third-order valence-corrected chi connectivity index (χ3v) is 4.57. The van der Waals surface area contributed by atoms with Gasteiger partial charge in [0.25, 0.3) is 0 Å². The maximum Gasteiger partial charge on any atom is 0.310 e. The van der Waals surface area contributed by atoms with Crippen LogP contribution in [0.3, 0.4) is 0 Å². The van der Waals surface area contributed by atoms with Gasteiger partial charge in [0, 0.05) is 19.4 Å². The number of carboxylic acid groups (broad SMARTS) is 1. The number of carboxylic acids is 1. The Balaban J connectivity index is 1.83. The van der Waals surface area contributed by atoms with E-state index in [4.69, 9.17) is 0 Å². The third-order valence-electron chi connectivity index (χ3n) is 4.57. The molecule has 1 N–H and O–H groups in total. The smallest absolute Gasteiger partial charge is 0.310 e. The van der Waals surface area contributed by atoms with Crippen LogP contribution in [0.25, 0.3) is 0 Å². The van der Waals surface area contributed by atoms with Crippen LogP contribution in [-0.2, 0) is 18.3 Å². The summed E-state index contributed by atoms with van der Waals surface area (Å²) in [4.78, 5) is 16.3. The fourth-order valence-corrected chi connectivity index (χ4v) is 3.10. The minimum absolute atomic E-state index is 0.520. The van der Waals surface area contributed by atoms with Gasteiger partial charge in [-0.15, -0.1) is 0 Å². The molecule has 0 spiro atoms. The lowest BCUT2D eigenvalue weighted by molar-refractivity contribution is -0.151. The quantitative estimate of drug-likeness (QED) is 0.904. The molecule has 0 aliphatic heterocycles. The summed E-state index contributed by atoms with van der Waals surface area (Å²) in [7, 11) is 1.88. The molecule has 0 radical (unpaired) electrons. The Labute approximate surface area is 113 Å². The van der Waals surface area contributed by atoms with Crippen molar-refractivity contribution < 1.29 is 9.90 Å². The van der Waals surface area contributed by atoms with Gasteiger partial charge in [0.1, 0.15) is 5.82 Å². The zero-order chi connectivity index (χ0) is 13.5. The van der Waals surface area contributed by atoms with Crippen LogP contribution in [0.4, 0.5) is 0 Å². The van der Waals surface area contributed by atoms with Crippen LogP contribution in [-0.4, -0.2) is 25.8 Å². The van der Waals surface area contributed by atoms with Crippen molar-refractivity contribution >= 4 is 5.97 Å². The Kier molecular flexibility index (Phi) is 3.07. The molecule has 2 aliphatic carbocycles. The highest BCUT2D eigenvalue weighted by Gasteiger charge is 2.41. The first-order valence-electron chi connectivity index (χ1n) is 7.24. The van der Waals surface area contributed by atoms with Crippen molar-refractivity contribution in [3.8, 4) is 0 Å². The molecular formula is C14H21N3O2. The van der Waals surface area contributed by atoms with Gasteiger partial charge in [-0.3, -0.25) is 9.48 Å². The summed E-state index contributed by atoms with van der Waals surface area (Å²) < 4.78 is 1.78. The Hall–Kier alpha value is -1.39. The van der Waals surface area contributed by atoms with Crippen molar-refractivity contribution in [2.45, 2.75) is 57.3 Å². The normalized spacial score (nSPS) is 22.4. The minimum Gasteiger partial charge on any atom is -0.481 e. The molecule has 0 bridgehead atoms. The lowest BCUT2D eigenvalue weighted by Gasteiger charge is -2.32. The van der Waals surface area contributed by atoms with E-state index in [0.717, 1.165) is 43.8 Å². The largest absolute Gasteiger partial charge is 0.481 e. The van der Waals surface area contributed by atoms with Gasteiger partial charge in [-0.2, -0.15) is 5.10 Å². The Morgan fingerprint density at radius 1 is 1.37 bits per heavy atom. The van der Waals surface area contributed by atoms with E-state index in [-0.39, 0.29) is 0 Å². The van der Waals surface area contributed by atoms with Crippen LogP contribution >= 0.6 is 0 Å². The predicted molar refractivity (Wildman–Crippen MR) is 69.8 cm³/mol. The molecule has 3 rings (SSSR count). The molecule has 19 heavy (non-hydrogen) atoms. The van der Waals surface area contributed by atoms with Crippen molar-refractivity contribution in [3.05, 3.63) is 11.6 Å². The molecule has 2 aliphatic rings. The molecular weight excluding hydrogens is 242 g/mol. The first-order valence-corrected chi connectivity index (χ1v) is 7.24. The number of rotatable bonds is 4. The Morgan fingerprint density at radius 2 is 2.05 bits per heavy atom. The number of hydrogen-bond donors (Lipinski definition) is 1. The summed E-state index contributed by atoms with van der Waals surface area (Å²) in [6.45, 7) is 0. The van der Waals surface area contributed by atoms with Gasteiger partial charge >= 0.3 is 5.97 Å². The fourth-order valence-electron chi connectivity index (χ4n) is 3.10. The van der Waals surface area contributed by atoms with E-state index in [2.05, 4.69) is 10.1 Å². The number of aromatic nitrogens is 3. The van der Waals surface area contributed by atoms with Crippen molar-refractivity contribution in [3.63, 3.8) is 0 Å². The van der Waals surface area contributed by atoms with Crippen LogP contribution in [0.15, 0.2) is 0 Å². The van der Waals surface area contributed by atoms with Gasteiger partial charge in [0.2, 0.25) is 0 Å². The average Bonchev–Trinajstić information content (AvgIpc) is 3.17. The lowest BCUT2D eigenvalue weighted by Crippen LogP contribution is -2.36. The fraction of sp³-hybridized carbons (Fsp3) is 0.786. The van der Waals surface area contributed by atoms with Gasteiger partial charge in [0.05, 0.1) is 5.41 Å². The molecule has 5 nitrogen and oxygen atoms in total.